The van der Waals surface area contributed by atoms with Crippen molar-refractivity contribution in [2.45, 2.75) is 6.92 Å². The molecule has 0 radical (unpaired) electrons. The minimum absolute atomic E-state index is 0.221. The van der Waals surface area contributed by atoms with Crippen molar-refractivity contribution in [1.29, 1.82) is 0 Å². The number of nitrogens with zero attached hydrogens (tertiary/aromatic N) is 2. The van der Waals surface area contributed by atoms with Crippen molar-refractivity contribution >= 4 is 11.8 Å². The lowest BCUT2D eigenvalue weighted by Crippen LogP contribution is -2.41. The number of carbonyl (C=O) groups excluding carboxylic acids is 2. The van der Waals surface area contributed by atoms with Gasteiger partial charge < -0.3 is 4.74 Å². The molecule has 0 saturated carbocycles. The Kier molecular flexibility index (Phi) is 4.93. The van der Waals surface area contributed by atoms with Crippen LogP contribution in [0.4, 0.5) is 0 Å². The van der Waals surface area contributed by atoms with Gasteiger partial charge in [-0.3, -0.25) is 30.5 Å². The minimum atomic E-state index is -0.509. The normalized spacial score (nSPS) is 10.2. The molecule has 3 rings (SSSR count). The van der Waals surface area contributed by atoms with Gasteiger partial charge in [-0.15, -0.1) is 0 Å². The number of amides is 2. The molecule has 3 N–H and O–H groups in total. The van der Waals surface area contributed by atoms with E-state index in [1.165, 1.54) is 6.20 Å². The Morgan fingerprint density at radius 3 is 2.42 bits per heavy atom. The summed E-state index contributed by atoms with van der Waals surface area (Å²) >= 11 is 0. The zero-order chi connectivity index (χ0) is 18.5. The SMILES string of the molecule is COc1ccc(-c2cc(C(=O)NNC(=O)c3ccc(C)nc3)[nH]n2)cc1. The van der Waals surface area contributed by atoms with E-state index >= 15 is 0 Å². The first-order valence-corrected chi connectivity index (χ1v) is 7.80. The standard InChI is InChI=1S/C18H17N5O3/c1-11-3-4-13(10-19-11)17(24)22-23-18(25)16-9-15(20-21-16)12-5-7-14(26-2)8-6-12/h3-10H,1-2H3,(H,20,21)(H,22,24)(H,23,25). The van der Waals surface area contributed by atoms with Gasteiger partial charge in [-0.05, 0) is 49.4 Å². The smallest absolute Gasteiger partial charge is 0.287 e. The van der Waals surface area contributed by atoms with Crippen molar-refractivity contribution in [3.8, 4) is 17.0 Å². The van der Waals surface area contributed by atoms with Crippen LogP contribution in [0.5, 0.6) is 5.75 Å². The molecule has 0 bridgehead atoms. The van der Waals surface area contributed by atoms with E-state index in [0.717, 1.165) is 17.0 Å². The van der Waals surface area contributed by atoms with Gasteiger partial charge in [0.2, 0.25) is 0 Å². The summed E-state index contributed by atoms with van der Waals surface area (Å²) in [7, 11) is 1.59. The predicted octanol–water partition coefficient (Wildman–Crippen LogP) is 1.86. The summed E-state index contributed by atoms with van der Waals surface area (Å²) in [5.41, 5.74) is 7.48. The number of aryl methyl sites for hydroxylation is 1. The highest BCUT2D eigenvalue weighted by Gasteiger charge is 2.13. The number of benzene rings is 1. The fraction of sp³-hybridized carbons (Fsp3) is 0.111. The first kappa shape index (κ1) is 17.2. The van der Waals surface area contributed by atoms with E-state index in [-0.39, 0.29) is 5.69 Å². The Balaban J connectivity index is 1.62. The van der Waals surface area contributed by atoms with Gasteiger partial charge in [0.25, 0.3) is 11.8 Å². The highest BCUT2D eigenvalue weighted by atomic mass is 16.5. The second-order valence-corrected chi connectivity index (χ2v) is 5.49. The number of carbonyl (C=O) groups is 2. The Morgan fingerprint density at radius 1 is 1.04 bits per heavy atom. The molecule has 8 heteroatoms. The van der Waals surface area contributed by atoms with Crippen LogP contribution >= 0.6 is 0 Å². The largest absolute Gasteiger partial charge is 0.497 e. The molecule has 0 saturated heterocycles. The third-order valence-corrected chi connectivity index (χ3v) is 3.67. The lowest BCUT2D eigenvalue weighted by atomic mass is 10.1. The highest BCUT2D eigenvalue weighted by molar-refractivity contribution is 5.98. The average Bonchev–Trinajstić information content (AvgIpc) is 3.17. The van der Waals surface area contributed by atoms with Crippen molar-refractivity contribution in [2.24, 2.45) is 0 Å². The molecule has 3 aromatic rings. The van der Waals surface area contributed by atoms with E-state index in [0.29, 0.717) is 11.3 Å². The maximum absolute atomic E-state index is 12.1. The van der Waals surface area contributed by atoms with Crippen LogP contribution in [0, 0.1) is 6.92 Å². The number of ether oxygens (including phenoxy) is 1. The van der Waals surface area contributed by atoms with Gasteiger partial charge in [0.05, 0.1) is 18.4 Å². The first-order chi connectivity index (χ1) is 12.6. The molecule has 0 aliphatic carbocycles. The van der Waals surface area contributed by atoms with Crippen LogP contribution in [0.2, 0.25) is 0 Å². The molecule has 26 heavy (non-hydrogen) atoms. The summed E-state index contributed by atoms with van der Waals surface area (Å²) < 4.78 is 5.11. The number of hydrogen-bond donors (Lipinski definition) is 3. The van der Waals surface area contributed by atoms with Gasteiger partial charge >= 0.3 is 0 Å². The Hall–Kier alpha value is -3.68. The molecule has 0 aliphatic heterocycles. The average molecular weight is 351 g/mol. The van der Waals surface area contributed by atoms with E-state index in [4.69, 9.17) is 4.74 Å². The van der Waals surface area contributed by atoms with Gasteiger partial charge in [-0.25, -0.2) is 0 Å². The van der Waals surface area contributed by atoms with E-state index in [2.05, 4.69) is 26.0 Å². The van der Waals surface area contributed by atoms with Crippen LogP contribution < -0.4 is 15.6 Å². The number of rotatable bonds is 4. The molecule has 0 aliphatic rings. The Labute approximate surface area is 149 Å². The van der Waals surface area contributed by atoms with Crippen LogP contribution in [0.25, 0.3) is 11.3 Å². The summed E-state index contributed by atoms with van der Waals surface area (Å²) in [6, 6.07) is 12.2. The molecular formula is C18H17N5O3. The predicted molar refractivity (Wildman–Crippen MR) is 94.5 cm³/mol. The molecule has 132 valence electrons. The molecule has 0 fully saturated rings. The molecular weight excluding hydrogens is 334 g/mol. The second-order valence-electron chi connectivity index (χ2n) is 5.49. The molecule has 1 aromatic carbocycles. The van der Waals surface area contributed by atoms with Crippen molar-refractivity contribution in [1.82, 2.24) is 26.0 Å². The number of pyridine rings is 1. The van der Waals surface area contributed by atoms with Gasteiger partial charge in [0.15, 0.2) is 0 Å². The fourth-order valence-electron chi connectivity index (χ4n) is 2.20. The number of methoxy groups -OCH3 is 1. The molecule has 2 aromatic heterocycles. The zero-order valence-corrected chi connectivity index (χ0v) is 14.2. The summed E-state index contributed by atoms with van der Waals surface area (Å²) in [6.07, 6.45) is 1.44. The topological polar surface area (TPSA) is 109 Å². The molecule has 8 nitrogen and oxygen atoms in total. The third-order valence-electron chi connectivity index (χ3n) is 3.67. The maximum Gasteiger partial charge on any atom is 0.287 e. The Morgan fingerprint density at radius 2 is 1.77 bits per heavy atom. The van der Waals surface area contributed by atoms with Crippen molar-refractivity contribution in [3.05, 3.63) is 65.6 Å². The van der Waals surface area contributed by atoms with Gasteiger partial charge in [-0.1, -0.05) is 0 Å². The number of nitrogens with one attached hydrogen (secondary N) is 3. The zero-order valence-electron chi connectivity index (χ0n) is 14.2. The summed E-state index contributed by atoms with van der Waals surface area (Å²) in [4.78, 5) is 28.2. The van der Waals surface area contributed by atoms with Crippen LogP contribution in [0.3, 0.4) is 0 Å². The molecule has 0 spiro atoms. The van der Waals surface area contributed by atoms with Crippen LogP contribution in [0.1, 0.15) is 26.5 Å². The first-order valence-electron chi connectivity index (χ1n) is 7.80. The second kappa shape index (κ2) is 7.47. The summed E-state index contributed by atoms with van der Waals surface area (Å²) in [5.74, 6) is -0.234. The number of aromatic amines is 1. The van der Waals surface area contributed by atoms with Crippen molar-refractivity contribution in [2.75, 3.05) is 7.11 Å². The van der Waals surface area contributed by atoms with E-state index in [1.807, 2.05) is 19.1 Å². The van der Waals surface area contributed by atoms with Crippen LogP contribution in [-0.4, -0.2) is 34.1 Å². The summed E-state index contributed by atoms with van der Waals surface area (Å²) in [5, 5.41) is 6.76. The number of hydrazine groups is 1. The fourth-order valence-corrected chi connectivity index (χ4v) is 2.20. The highest BCUT2D eigenvalue weighted by Crippen LogP contribution is 2.21. The van der Waals surface area contributed by atoms with E-state index < -0.39 is 11.8 Å². The van der Waals surface area contributed by atoms with E-state index in [1.54, 1.807) is 37.4 Å². The lowest BCUT2D eigenvalue weighted by Gasteiger charge is -2.06. The van der Waals surface area contributed by atoms with Gasteiger partial charge in [0.1, 0.15) is 11.4 Å². The quantitative estimate of drug-likeness (QED) is 0.622. The maximum atomic E-state index is 12.1. The van der Waals surface area contributed by atoms with Gasteiger partial charge in [-0.2, -0.15) is 5.10 Å². The van der Waals surface area contributed by atoms with Crippen LogP contribution in [0.15, 0.2) is 48.7 Å². The van der Waals surface area contributed by atoms with Crippen molar-refractivity contribution in [3.63, 3.8) is 0 Å². The molecule has 0 atom stereocenters. The minimum Gasteiger partial charge on any atom is -0.497 e. The molecule has 0 unspecified atom stereocenters. The lowest BCUT2D eigenvalue weighted by molar-refractivity contribution is 0.0843. The molecule has 2 heterocycles. The van der Waals surface area contributed by atoms with Crippen molar-refractivity contribution < 1.29 is 14.3 Å². The van der Waals surface area contributed by atoms with Gasteiger partial charge in [0, 0.05) is 17.5 Å². The summed E-state index contributed by atoms with van der Waals surface area (Å²) in [6.45, 7) is 1.82. The molecule has 2 amide bonds. The number of H-pyrrole nitrogens is 1. The van der Waals surface area contributed by atoms with Crippen LogP contribution in [-0.2, 0) is 0 Å². The number of aromatic nitrogens is 3. The monoisotopic (exact) mass is 351 g/mol. The number of hydrogen-bond acceptors (Lipinski definition) is 5. The van der Waals surface area contributed by atoms with E-state index in [9.17, 15) is 9.59 Å². The Bertz CT molecular complexity index is 917. The third kappa shape index (κ3) is 3.86.